The van der Waals surface area contributed by atoms with Crippen LogP contribution >= 0.6 is 11.6 Å². The van der Waals surface area contributed by atoms with Crippen LogP contribution in [0.3, 0.4) is 0 Å². The van der Waals surface area contributed by atoms with Gasteiger partial charge in [0.1, 0.15) is 5.82 Å². The summed E-state index contributed by atoms with van der Waals surface area (Å²) in [6.45, 7) is 4.62. The summed E-state index contributed by atoms with van der Waals surface area (Å²) in [6.07, 6.45) is 2.68. The zero-order valence-electron chi connectivity index (χ0n) is 16.1. The Bertz CT molecular complexity index is 1060. The third-order valence-electron chi connectivity index (χ3n) is 5.69. The molecule has 1 amide bonds. The molecule has 1 fully saturated rings. The molecule has 2 aliphatic rings. The van der Waals surface area contributed by atoms with Gasteiger partial charge in [-0.2, -0.15) is 0 Å². The van der Waals surface area contributed by atoms with Gasteiger partial charge < -0.3 is 14.6 Å². The molecule has 2 aromatic carbocycles. The van der Waals surface area contributed by atoms with Crippen LogP contribution in [0.25, 0.3) is 11.0 Å². The van der Waals surface area contributed by atoms with E-state index in [0.29, 0.717) is 22.4 Å². The van der Waals surface area contributed by atoms with Crippen LogP contribution in [0.4, 0.5) is 5.69 Å². The Balaban J connectivity index is 1.34. The largest absolute Gasteiger partial charge is 0.377 e. The van der Waals surface area contributed by atoms with Gasteiger partial charge >= 0.3 is 0 Å². The first-order valence-corrected chi connectivity index (χ1v) is 10.4. The van der Waals surface area contributed by atoms with Crippen molar-refractivity contribution in [3.63, 3.8) is 0 Å². The lowest BCUT2D eigenvalue weighted by atomic mass is 10.2. The molecule has 150 valence electrons. The second kappa shape index (κ2) is 7.78. The van der Waals surface area contributed by atoms with Gasteiger partial charge in [0.15, 0.2) is 0 Å². The van der Waals surface area contributed by atoms with E-state index in [2.05, 4.69) is 14.8 Å². The quantitative estimate of drug-likeness (QED) is 0.707. The smallest absolute Gasteiger partial charge is 0.257 e. The number of rotatable bonds is 4. The van der Waals surface area contributed by atoms with Crippen LogP contribution in [0.5, 0.6) is 0 Å². The second-order valence-corrected chi connectivity index (χ2v) is 8.09. The number of carbonyl (C=O) groups excluding carboxylic acids is 1. The van der Waals surface area contributed by atoms with Crippen molar-refractivity contribution in [1.82, 2.24) is 14.5 Å². The Hall–Kier alpha value is -2.41. The van der Waals surface area contributed by atoms with Crippen LogP contribution < -0.4 is 5.32 Å². The molecule has 1 unspecified atom stereocenters. The van der Waals surface area contributed by atoms with E-state index >= 15 is 0 Å². The fraction of sp³-hybridized carbons (Fsp3) is 0.364. The van der Waals surface area contributed by atoms with Gasteiger partial charge in [-0.05, 0) is 43.2 Å². The number of nitrogens with one attached hydrogen (secondary N) is 1. The number of amides is 1. The van der Waals surface area contributed by atoms with Crippen molar-refractivity contribution in [2.75, 3.05) is 25.0 Å². The van der Waals surface area contributed by atoms with Crippen molar-refractivity contribution in [2.45, 2.75) is 32.0 Å². The van der Waals surface area contributed by atoms with Gasteiger partial charge in [-0.1, -0.05) is 23.7 Å². The van der Waals surface area contributed by atoms with Crippen LogP contribution in [0, 0.1) is 0 Å². The molecule has 0 spiro atoms. The summed E-state index contributed by atoms with van der Waals surface area (Å²) in [6, 6.07) is 12.9. The predicted octanol–water partition coefficient (Wildman–Crippen LogP) is 3.94. The van der Waals surface area contributed by atoms with E-state index in [-0.39, 0.29) is 5.91 Å². The summed E-state index contributed by atoms with van der Waals surface area (Å²) >= 11 is 6.13. The van der Waals surface area contributed by atoms with Crippen LogP contribution in [-0.4, -0.2) is 46.2 Å². The maximum atomic E-state index is 12.5. The predicted molar refractivity (Wildman–Crippen MR) is 113 cm³/mol. The SMILES string of the molecule is O=C(Nc1ccc2c(c1)nc1n2CCN(CC2CCCO2)C1)c1ccccc1Cl. The minimum absolute atomic E-state index is 0.221. The zero-order chi connectivity index (χ0) is 19.8. The van der Waals surface area contributed by atoms with Gasteiger partial charge in [-0.15, -0.1) is 0 Å². The van der Waals surface area contributed by atoms with Crippen LogP contribution in [0.1, 0.15) is 29.0 Å². The Morgan fingerprint density at radius 1 is 1.24 bits per heavy atom. The standard InChI is InChI=1S/C22H23ClN4O2/c23-18-6-2-1-5-17(18)22(28)24-15-7-8-20-19(12-15)25-21-14-26(9-10-27(20)21)13-16-4-3-11-29-16/h1-2,5-8,12,16H,3-4,9-11,13-14H2,(H,24,28). The summed E-state index contributed by atoms with van der Waals surface area (Å²) < 4.78 is 8.06. The van der Waals surface area contributed by atoms with E-state index in [1.807, 2.05) is 24.3 Å². The summed E-state index contributed by atoms with van der Waals surface area (Å²) in [5.41, 5.74) is 3.18. The van der Waals surface area contributed by atoms with E-state index in [4.69, 9.17) is 21.3 Å². The third-order valence-corrected chi connectivity index (χ3v) is 6.02. The molecule has 1 atom stereocenters. The summed E-state index contributed by atoms with van der Waals surface area (Å²) in [4.78, 5) is 19.8. The average molecular weight is 411 g/mol. The Morgan fingerprint density at radius 2 is 2.14 bits per heavy atom. The number of halogens is 1. The highest BCUT2D eigenvalue weighted by Crippen LogP contribution is 2.25. The fourth-order valence-electron chi connectivity index (χ4n) is 4.22. The average Bonchev–Trinajstić information content (AvgIpc) is 3.35. The molecule has 29 heavy (non-hydrogen) atoms. The van der Waals surface area contributed by atoms with Crippen LogP contribution in [-0.2, 0) is 17.8 Å². The van der Waals surface area contributed by atoms with Crippen molar-refractivity contribution < 1.29 is 9.53 Å². The number of ether oxygens (including phenoxy) is 1. The zero-order valence-corrected chi connectivity index (χ0v) is 16.9. The molecule has 3 aromatic rings. The molecule has 5 rings (SSSR count). The number of fused-ring (bicyclic) bond motifs is 3. The maximum Gasteiger partial charge on any atom is 0.257 e. The highest BCUT2D eigenvalue weighted by Gasteiger charge is 2.24. The molecule has 1 N–H and O–H groups in total. The number of benzene rings is 2. The van der Waals surface area contributed by atoms with E-state index in [0.717, 1.165) is 56.1 Å². The van der Waals surface area contributed by atoms with Gasteiger partial charge in [-0.3, -0.25) is 9.69 Å². The van der Waals surface area contributed by atoms with Crippen molar-refractivity contribution in [1.29, 1.82) is 0 Å². The molecular weight excluding hydrogens is 388 g/mol. The fourth-order valence-corrected chi connectivity index (χ4v) is 4.45. The van der Waals surface area contributed by atoms with Crippen molar-refractivity contribution in [3.8, 4) is 0 Å². The summed E-state index contributed by atoms with van der Waals surface area (Å²) in [7, 11) is 0. The number of carbonyl (C=O) groups is 1. The number of hydrogen-bond acceptors (Lipinski definition) is 4. The van der Waals surface area contributed by atoms with Crippen molar-refractivity contribution in [2.24, 2.45) is 0 Å². The van der Waals surface area contributed by atoms with Gasteiger partial charge in [-0.25, -0.2) is 4.98 Å². The second-order valence-electron chi connectivity index (χ2n) is 7.69. The lowest BCUT2D eigenvalue weighted by Gasteiger charge is -2.29. The number of aromatic nitrogens is 2. The maximum absolute atomic E-state index is 12.5. The monoisotopic (exact) mass is 410 g/mol. The number of nitrogens with zero attached hydrogens (tertiary/aromatic N) is 3. The molecular formula is C22H23ClN4O2. The minimum atomic E-state index is -0.221. The molecule has 0 aliphatic carbocycles. The molecule has 6 nitrogen and oxygen atoms in total. The molecule has 0 radical (unpaired) electrons. The van der Waals surface area contributed by atoms with E-state index < -0.39 is 0 Å². The van der Waals surface area contributed by atoms with Gasteiger partial charge in [0, 0.05) is 31.9 Å². The first-order valence-electron chi connectivity index (χ1n) is 10.1. The third kappa shape index (κ3) is 3.75. The first kappa shape index (κ1) is 18.6. The summed E-state index contributed by atoms with van der Waals surface area (Å²) in [5, 5.41) is 3.37. The molecule has 1 saturated heterocycles. The normalized spacial score (nSPS) is 19.4. The topological polar surface area (TPSA) is 59.4 Å². The summed E-state index contributed by atoms with van der Waals surface area (Å²) in [5.74, 6) is 0.848. The van der Waals surface area contributed by atoms with Gasteiger partial charge in [0.05, 0.1) is 34.3 Å². The molecule has 3 heterocycles. The van der Waals surface area contributed by atoms with Crippen molar-refractivity contribution in [3.05, 3.63) is 58.9 Å². The van der Waals surface area contributed by atoms with E-state index in [9.17, 15) is 4.79 Å². The molecule has 0 saturated carbocycles. The molecule has 1 aromatic heterocycles. The number of anilines is 1. The van der Waals surface area contributed by atoms with Crippen molar-refractivity contribution >= 4 is 34.2 Å². The highest BCUT2D eigenvalue weighted by atomic mass is 35.5. The molecule has 2 aliphatic heterocycles. The highest BCUT2D eigenvalue weighted by molar-refractivity contribution is 6.34. The van der Waals surface area contributed by atoms with E-state index in [1.165, 1.54) is 6.42 Å². The molecule has 0 bridgehead atoms. The van der Waals surface area contributed by atoms with Gasteiger partial charge in [0.2, 0.25) is 0 Å². The van der Waals surface area contributed by atoms with E-state index in [1.54, 1.807) is 18.2 Å². The van der Waals surface area contributed by atoms with Gasteiger partial charge in [0.25, 0.3) is 5.91 Å². The number of imidazole rings is 1. The lowest BCUT2D eigenvalue weighted by molar-refractivity contribution is 0.0636. The van der Waals surface area contributed by atoms with Crippen LogP contribution in [0.2, 0.25) is 5.02 Å². The Morgan fingerprint density at radius 3 is 2.97 bits per heavy atom. The molecule has 7 heteroatoms. The number of hydrogen-bond donors (Lipinski definition) is 1. The first-order chi connectivity index (χ1) is 14.2. The minimum Gasteiger partial charge on any atom is -0.377 e. The lowest BCUT2D eigenvalue weighted by Crippen LogP contribution is -2.38. The Kier molecular flexibility index (Phi) is 4.99. The Labute approximate surface area is 174 Å². The van der Waals surface area contributed by atoms with Crippen LogP contribution in [0.15, 0.2) is 42.5 Å².